The highest BCUT2D eigenvalue weighted by molar-refractivity contribution is 7.17. The highest BCUT2D eigenvalue weighted by Crippen LogP contribution is 2.20. The van der Waals surface area contributed by atoms with Crippen LogP contribution in [0.3, 0.4) is 0 Å². The number of aromatic nitrogens is 2. The van der Waals surface area contributed by atoms with E-state index in [0.29, 0.717) is 22.8 Å². The topological polar surface area (TPSA) is 46.9 Å². The van der Waals surface area contributed by atoms with E-state index in [1.54, 1.807) is 10.9 Å². The molecule has 2 heterocycles. The minimum Gasteiger partial charge on any atom is -0.382 e. The van der Waals surface area contributed by atoms with Crippen LogP contribution < -0.4 is 10.9 Å². The summed E-state index contributed by atoms with van der Waals surface area (Å²) in [4.78, 5) is 16.4. The van der Waals surface area contributed by atoms with Crippen molar-refractivity contribution in [3.63, 3.8) is 0 Å². The number of anilines is 1. The van der Waals surface area contributed by atoms with Crippen molar-refractivity contribution >= 4 is 38.8 Å². The van der Waals surface area contributed by atoms with Crippen LogP contribution in [0.5, 0.6) is 0 Å². The van der Waals surface area contributed by atoms with Gasteiger partial charge in [0.05, 0.1) is 22.6 Å². The number of benzene rings is 1. The molecule has 3 aromatic rings. The van der Waals surface area contributed by atoms with E-state index >= 15 is 0 Å². The highest BCUT2D eigenvalue weighted by Gasteiger charge is 2.05. The van der Waals surface area contributed by atoms with Gasteiger partial charge in [-0.3, -0.25) is 9.36 Å². The van der Waals surface area contributed by atoms with Crippen LogP contribution in [0.1, 0.15) is 0 Å². The number of nitrogens with zero attached hydrogens (tertiary/aromatic N) is 2. The Morgan fingerprint density at radius 1 is 1.30 bits per heavy atom. The van der Waals surface area contributed by atoms with Gasteiger partial charge in [0.25, 0.3) is 5.56 Å². The predicted octanol–water partition coefficient (Wildman–Crippen LogP) is 3.22. The molecule has 20 heavy (non-hydrogen) atoms. The van der Waals surface area contributed by atoms with Gasteiger partial charge >= 0.3 is 0 Å². The van der Waals surface area contributed by atoms with Gasteiger partial charge in [-0.1, -0.05) is 23.7 Å². The molecule has 1 aromatic carbocycles. The summed E-state index contributed by atoms with van der Waals surface area (Å²) in [6.07, 6.45) is 1.59. The van der Waals surface area contributed by atoms with Gasteiger partial charge in [0.1, 0.15) is 4.70 Å². The molecule has 0 saturated heterocycles. The maximum atomic E-state index is 12.2. The third-order valence-electron chi connectivity index (χ3n) is 2.98. The number of para-hydroxylation sites is 1. The Balaban J connectivity index is 1.73. The minimum atomic E-state index is 0.00552. The van der Waals surface area contributed by atoms with Crippen molar-refractivity contribution in [2.45, 2.75) is 6.54 Å². The standard InChI is InChI=1S/C14H12ClN3OS/c15-10-3-1-2-4-11(10)16-6-7-18-9-17-12-5-8-20-13(12)14(18)19/h1-5,8-9,16H,6-7H2. The van der Waals surface area contributed by atoms with Crippen LogP contribution in [-0.4, -0.2) is 16.1 Å². The smallest absolute Gasteiger partial charge is 0.271 e. The molecule has 0 aliphatic rings. The van der Waals surface area contributed by atoms with E-state index in [9.17, 15) is 4.79 Å². The number of hydrogen-bond acceptors (Lipinski definition) is 4. The first-order valence-electron chi connectivity index (χ1n) is 6.17. The van der Waals surface area contributed by atoms with Crippen molar-refractivity contribution in [2.24, 2.45) is 0 Å². The minimum absolute atomic E-state index is 0.00552. The summed E-state index contributed by atoms with van der Waals surface area (Å²) in [5.74, 6) is 0. The molecular formula is C14H12ClN3OS. The molecule has 0 spiro atoms. The van der Waals surface area contributed by atoms with Crippen LogP contribution in [0, 0.1) is 0 Å². The zero-order valence-electron chi connectivity index (χ0n) is 10.5. The summed E-state index contributed by atoms with van der Waals surface area (Å²) in [6, 6.07) is 9.39. The quantitative estimate of drug-likeness (QED) is 0.805. The van der Waals surface area contributed by atoms with Crippen LogP contribution in [0.4, 0.5) is 5.69 Å². The van der Waals surface area contributed by atoms with Gasteiger partial charge in [0, 0.05) is 13.1 Å². The summed E-state index contributed by atoms with van der Waals surface area (Å²) in [7, 11) is 0. The molecule has 2 aromatic heterocycles. The summed E-state index contributed by atoms with van der Waals surface area (Å²) < 4.78 is 2.31. The van der Waals surface area contributed by atoms with E-state index < -0.39 is 0 Å². The first-order chi connectivity index (χ1) is 9.75. The Morgan fingerprint density at radius 3 is 3.00 bits per heavy atom. The maximum absolute atomic E-state index is 12.2. The fourth-order valence-electron chi connectivity index (χ4n) is 1.95. The third-order valence-corrected chi connectivity index (χ3v) is 4.20. The Kier molecular flexibility index (Phi) is 3.71. The molecular weight excluding hydrogens is 294 g/mol. The van der Waals surface area contributed by atoms with Gasteiger partial charge in [-0.2, -0.15) is 0 Å². The molecule has 0 aliphatic carbocycles. The van der Waals surface area contributed by atoms with Gasteiger partial charge in [-0.15, -0.1) is 11.3 Å². The molecule has 0 saturated carbocycles. The number of fused-ring (bicyclic) bond motifs is 1. The lowest BCUT2D eigenvalue weighted by molar-refractivity contribution is 0.690. The monoisotopic (exact) mass is 305 g/mol. The Hall–Kier alpha value is -1.85. The number of halogens is 1. The van der Waals surface area contributed by atoms with E-state index in [-0.39, 0.29) is 5.56 Å². The van der Waals surface area contributed by atoms with E-state index in [1.807, 2.05) is 35.7 Å². The molecule has 0 unspecified atom stereocenters. The van der Waals surface area contributed by atoms with E-state index in [4.69, 9.17) is 11.6 Å². The molecule has 0 radical (unpaired) electrons. The average molecular weight is 306 g/mol. The Morgan fingerprint density at radius 2 is 2.15 bits per heavy atom. The van der Waals surface area contributed by atoms with Crippen LogP contribution in [0.25, 0.3) is 10.2 Å². The average Bonchev–Trinajstić information content (AvgIpc) is 2.93. The van der Waals surface area contributed by atoms with E-state index in [0.717, 1.165) is 11.2 Å². The van der Waals surface area contributed by atoms with Crippen molar-refractivity contribution in [3.05, 3.63) is 57.4 Å². The normalized spacial score (nSPS) is 10.8. The predicted molar refractivity (Wildman–Crippen MR) is 83.8 cm³/mol. The molecule has 0 amide bonds. The molecule has 0 aliphatic heterocycles. The number of hydrogen-bond donors (Lipinski definition) is 1. The lowest BCUT2D eigenvalue weighted by Gasteiger charge is -2.09. The molecule has 0 bridgehead atoms. The molecule has 4 nitrogen and oxygen atoms in total. The largest absolute Gasteiger partial charge is 0.382 e. The fraction of sp³-hybridized carbons (Fsp3) is 0.143. The molecule has 0 atom stereocenters. The van der Waals surface area contributed by atoms with E-state index in [1.165, 1.54) is 11.3 Å². The summed E-state index contributed by atoms with van der Waals surface area (Å²) in [5, 5.41) is 5.77. The van der Waals surface area contributed by atoms with Gasteiger partial charge in [0.2, 0.25) is 0 Å². The zero-order valence-corrected chi connectivity index (χ0v) is 12.1. The molecule has 3 rings (SSSR count). The Bertz CT molecular complexity index is 796. The SMILES string of the molecule is O=c1c2sccc2ncn1CCNc1ccccc1Cl. The van der Waals surface area contributed by atoms with Crippen molar-refractivity contribution in [1.29, 1.82) is 0 Å². The van der Waals surface area contributed by atoms with E-state index in [2.05, 4.69) is 10.3 Å². The lowest BCUT2D eigenvalue weighted by Crippen LogP contribution is -2.23. The second-order valence-corrected chi connectivity index (χ2v) is 5.61. The van der Waals surface area contributed by atoms with Crippen LogP contribution in [0.15, 0.2) is 46.8 Å². The number of thiophene rings is 1. The highest BCUT2D eigenvalue weighted by atomic mass is 35.5. The van der Waals surface area contributed by atoms with Crippen LogP contribution in [0.2, 0.25) is 5.02 Å². The molecule has 0 fully saturated rings. The van der Waals surface area contributed by atoms with Crippen molar-refractivity contribution < 1.29 is 0 Å². The van der Waals surface area contributed by atoms with Crippen molar-refractivity contribution in [2.75, 3.05) is 11.9 Å². The van der Waals surface area contributed by atoms with Crippen LogP contribution in [-0.2, 0) is 6.54 Å². The zero-order chi connectivity index (χ0) is 13.9. The number of rotatable bonds is 4. The molecule has 6 heteroatoms. The van der Waals surface area contributed by atoms with Gasteiger partial charge in [0.15, 0.2) is 0 Å². The van der Waals surface area contributed by atoms with Crippen LogP contribution >= 0.6 is 22.9 Å². The first kappa shape index (κ1) is 13.1. The second kappa shape index (κ2) is 5.64. The summed E-state index contributed by atoms with van der Waals surface area (Å²) in [6.45, 7) is 1.16. The summed E-state index contributed by atoms with van der Waals surface area (Å²) in [5.41, 5.74) is 1.63. The van der Waals surface area contributed by atoms with Gasteiger partial charge in [-0.05, 0) is 23.6 Å². The van der Waals surface area contributed by atoms with Gasteiger partial charge < -0.3 is 5.32 Å². The van der Waals surface area contributed by atoms with Crippen molar-refractivity contribution in [3.8, 4) is 0 Å². The molecule has 1 N–H and O–H groups in total. The fourth-order valence-corrected chi connectivity index (χ4v) is 2.95. The van der Waals surface area contributed by atoms with Crippen molar-refractivity contribution in [1.82, 2.24) is 9.55 Å². The maximum Gasteiger partial charge on any atom is 0.271 e. The molecule has 102 valence electrons. The first-order valence-corrected chi connectivity index (χ1v) is 7.42. The van der Waals surface area contributed by atoms with Gasteiger partial charge in [-0.25, -0.2) is 4.98 Å². The lowest BCUT2D eigenvalue weighted by atomic mass is 10.3. The third kappa shape index (κ3) is 2.55. The Labute approximate surface area is 124 Å². The summed E-state index contributed by atoms with van der Waals surface area (Å²) >= 11 is 7.48. The second-order valence-electron chi connectivity index (χ2n) is 4.28. The number of nitrogens with one attached hydrogen (secondary N) is 1.